The van der Waals surface area contributed by atoms with Gasteiger partial charge in [-0.1, -0.05) is 54.6 Å². The number of fused-ring (bicyclic) bond motifs is 1. The Hall–Kier alpha value is -3.40. The predicted octanol–water partition coefficient (Wildman–Crippen LogP) is 4.54. The summed E-state index contributed by atoms with van der Waals surface area (Å²) in [6.07, 6.45) is 1.87. The number of ether oxygens (including phenoxy) is 1. The molecule has 1 heterocycles. The van der Waals surface area contributed by atoms with Crippen molar-refractivity contribution in [2.45, 2.75) is 6.54 Å². The first kappa shape index (κ1) is 16.1. The van der Waals surface area contributed by atoms with Gasteiger partial charge in [0.15, 0.2) is 0 Å². The molecule has 0 aliphatic rings. The highest BCUT2D eigenvalue weighted by molar-refractivity contribution is 5.97. The normalized spacial score (nSPS) is 10.8. The molecule has 4 nitrogen and oxygen atoms in total. The SMILES string of the molecule is COC(=O)c1ccccc1-c1ccc(Cn2cnc3ccccc32)cc1. The number of rotatable bonds is 4. The molecule has 128 valence electrons. The van der Waals surface area contributed by atoms with Crippen molar-refractivity contribution in [2.75, 3.05) is 7.11 Å². The molecule has 4 rings (SSSR count). The highest BCUT2D eigenvalue weighted by Gasteiger charge is 2.12. The molecular weight excluding hydrogens is 324 g/mol. The fourth-order valence-corrected chi connectivity index (χ4v) is 3.15. The molecule has 0 radical (unpaired) electrons. The minimum Gasteiger partial charge on any atom is -0.465 e. The maximum absolute atomic E-state index is 12.0. The number of aromatic nitrogens is 2. The van der Waals surface area contributed by atoms with E-state index in [9.17, 15) is 4.79 Å². The molecule has 0 bridgehead atoms. The summed E-state index contributed by atoms with van der Waals surface area (Å²) in [6.45, 7) is 0.749. The third-order valence-electron chi connectivity index (χ3n) is 4.48. The monoisotopic (exact) mass is 342 g/mol. The lowest BCUT2D eigenvalue weighted by Gasteiger charge is -2.09. The molecule has 0 aliphatic heterocycles. The Labute approximate surface area is 151 Å². The van der Waals surface area contributed by atoms with Crippen LogP contribution in [0.15, 0.2) is 79.1 Å². The van der Waals surface area contributed by atoms with Gasteiger partial charge in [-0.15, -0.1) is 0 Å². The number of methoxy groups -OCH3 is 1. The average molecular weight is 342 g/mol. The number of esters is 1. The number of benzene rings is 3. The quantitative estimate of drug-likeness (QED) is 0.512. The van der Waals surface area contributed by atoms with Crippen LogP contribution in [0, 0.1) is 0 Å². The van der Waals surface area contributed by atoms with Crippen molar-refractivity contribution in [3.05, 3.63) is 90.3 Å². The molecule has 0 saturated heterocycles. The Morgan fingerprint density at radius 1 is 0.962 bits per heavy atom. The summed E-state index contributed by atoms with van der Waals surface area (Å²) >= 11 is 0. The van der Waals surface area contributed by atoms with Crippen molar-refractivity contribution in [3.63, 3.8) is 0 Å². The van der Waals surface area contributed by atoms with Gasteiger partial charge in [0.1, 0.15) is 0 Å². The van der Waals surface area contributed by atoms with Gasteiger partial charge in [0.2, 0.25) is 0 Å². The first-order valence-electron chi connectivity index (χ1n) is 8.43. The lowest BCUT2D eigenvalue weighted by atomic mass is 9.98. The van der Waals surface area contributed by atoms with E-state index in [4.69, 9.17) is 4.74 Å². The van der Waals surface area contributed by atoms with Crippen molar-refractivity contribution < 1.29 is 9.53 Å². The van der Waals surface area contributed by atoms with E-state index in [1.165, 1.54) is 12.7 Å². The molecule has 0 N–H and O–H groups in total. The number of hydrogen-bond acceptors (Lipinski definition) is 3. The van der Waals surface area contributed by atoms with E-state index in [0.29, 0.717) is 5.56 Å². The van der Waals surface area contributed by atoms with Gasteiger partial charge in [0, 0.05) is 6.54 Å². The van der Waals surface area contributed by atoms with E-state index in [0.717, 1.165) is 28.7 Å². The van der Waals surface area contributed by atoms with E-state index in [1.807, 2.05) is 54.9 Å². The molecule has 3 aromatic carbocycles. The average Bonchev–Trinajstić information content (AvgIpc) is 3.11. The van der Waals surface area contributed by atoms with Crippen molar-refractivity contribution in [2.24, 2.45) is 0 Å². The number of hydrogen-bond donors (Lipinski definition) is 0. The van der Waals surface area contributed by atoms with Crippen LogP contribution >= 0.6 is 0 Å². The number of carbonyl (C=O) groups is 1. The molecule has 0 spiro atoms. The molecule has 0 fully saturated rings. The second-order valence-electron chi connectivity index (χ2n) is 6.10. The largest absolute Gasteiger partial charge is 0.465 e. The van der Waals surface area contributed by atoms with Crippen LogP contribution in [0.2, 0.25) is 0 Å². The zero-order chi connectivity index (χ0) is 17.9. The van der Waals surface area contributed by atoms with Gasteiger partial charge in [-0.05, 0) is 34.9 Å². The lowest BCUT2D eigenvalue weighted by Crippen LogP contribution is -2.03. The Bertz CT molecular complexity index is 1060. The summed E-state index contributed by atoms with van der Waals surface area (Å²) in [7, 11) is 1.40. The Morgan fingerprint density at radius 3 is 2.50 bits per heavy atom. The minimum absolute atomic E-state index is 0.324. The Kier molecular flexibility index (Phi) is 4.23. The summed E-state index contributed by atoms with van der Waals surface area (Å²) < 4.78 is 7.02. The van der Waals surface area contributed by atoms with E-state index < -0.39 is 0 Å². The molecule has 0 saturated carbocycles. The van der Waals surface area contributed by atoms with E-state index in [2.05, 4.69) is 27.8 Å². The summed E-state index contributed by atoms with van der Waals surface area (Å²) in [4.78, 5) is 16.4. The number of nitrogens with zero attached hydrogens (tertiary/aromatic N) is 2. The number of carbonyl (C=O) groups excluding carboxylic acids is 1. The molecule has 26 heavy (non-hydrogen) atoms. The first-order chi connectivity index (χ1) is 12.8. The van der Waals surface area contributed by atoms with Gasteiger partial charge in [0.05, 0.1) is 30.0 Å². The molecule has 0 amide bonds. The van der Waals surface area contributed by atoms with Gasteiger partial charge in [0.25, 0.3) is 0 Å². The van der Waals surface area contributed by atoms with Crippen LogP contribution in [0.25, 0.3) is 22.2 Å². The molecule has 4 heteroatoms. The Morgan fingerprint density at radius 2 is 1.69 bits per heavy atom. The van der Waals surface area contributed by atoms with Gasteiger partial charge < -0.3 is 9.30 Å². The maximum atomic E-state index is 12.0. The van der Waals surface area contributed by atoms with Crippen LogP contribution < -0.4 is 0 Å². The van der Waals surface area contributed by atoms with Crippen LogP contribution in [0.3, 0.4) is 0 Å². The Balaban J connectivity index is 1.63. The summed E-state index contributed by atoms with van der Waals surface area (Å²) in [5.74, 6) is -0.324. The lowest BCUT2D eigenvalue weighted by molar-refractivity contribution is 0.0601. The topological polar surface area (TPSA) is 44.1 Å². The van der Waals surface area contributed by atoms with Crippen molar-refractivity contribution in [1.82, 2.24) is 9.55 Å². The highest BCUT2D eigenvalue weighted by atomic mass is 16.5. The van der Waals surface area contributed by atoms with Crippen molar-refractivity contribution in [1.29, 1.82) is 0 Å². The van der Waals surface area contributed by atoms with Crippen molar-refractivity contribution >= 4 is 17.0 Å². The van der Waals surface area contributed by atoms with Crippen LogP contribution in [0.1, 0.15) is 15.9 Å². The van der Waals surface area contributed by atoms with Gasteiger partial charge >= 0.3 is 5.97 Å². The molecule has 0 unspecified atom stereocenters. The zero-order valence-electron chi connectivity index (χ0n) is 14.4. The van der Waals surface area contributed by atoms with Crippen molar-refractivity contribution in [3.8, 4) is 11.1 Å². The predicted molar refractivity (Wildman–Crippen MR) is 102 cm³/mol. The van der Waals surface area contributed by atoms with Gasteiger partial charge in [-0.25, -0.2) is 9.78 Å². The second-order valence-corrected chi connectivity index (χ2v) is 6.10. The smallest absolute Gasteiger partial charge is 0.338 e. The minimum atomic E-state index is -0.324. The highest BCUT2D eigenvalue weighted by Crippen LogP contribution is 2.25. The van der Waals surface area contributed by atoms with E-state index in [1.54, 1.807) is 6.07 Å². The molecular formula is C22H18N2O2. The maximum Gasteiger partial charge on any atom is 0.338 e. The fourth-order valence-electron chi connectivity index (χ4n) is 3.15. The summed E-state index contributed by atoms with van der Waals surface area (Å²) in [5.41, 5.74) is 5.73. The van der Waals surface area contributed by atoms with Crippen LogP contribution in [-0.4, -0.2) is 22.6 Å². The van der Waals surface area contributed by atoms with E-state index >= 15 is 0 Å². The second kappa shape index (κ2) is 6.84. The molecule has 0 atom stereocenters. The molecule has 4 aromatic rings. The van der Waals surface area contributed by atoms with Crippen LogP contribution in [-0.2, 0) is 11.3 Å². The third-order valence-corrected chi connectivity index (χ3v) is 4.48. The molecule has 0 aliphatic carbocycles. The summed E-state index contributed by atoms with van der Waals surface area (Å²) in [5, 5.41) is 0. The zero-order valence-corrected chi connectivity index (χ0v) is 14.4. The standard InChI is InChI=1S/C22H18N2O2/c1-26-22(25)19-7-3-2-6-18(19)17-12-10-16(11-13-17)14-24-15-23-20-8-4-5-9-21(20)24/h2-13,15H,14H2,1H3. The first-order valence-corrected chi connectivity index (χ1v) is 8.43. The summed E-state index contributed by atoms with van der Waals surface area (Å²) in [6, 6.07) is 23.8. The van der Waals surface area contributed by atoms with Gasteiger partial charge in [-0.3, -0.25) is 0 Å². The fraction of sp³-hybridized carbons (Fsp3) is 0.0909. The number of para-hydroxylation sites is 2. The van der Waals surface area contributed by atoms with Gasteiger partial charge in [-0.2, -0.15) is 0 Å². The number of imidazole rings is 1. The molecule has 1 aromatic heterocycles. The van der Waals surface area contributed by atoms with Crippen LogP contribution in [0.5, 0.6) is 0 Å². The van der Waals surface area contributed by atoms with E-state index in [-0.39, 0.29) is 5.97 Å². The third kappa shape index (κ3) is 2.97. The van der Waals surface area contributed by atoms with Crippen LogP contribution in [0.4, 0.5) is 0 Å².